The van der Waals surface area contributed by atoms with Crippen molar-refractivity contribution < 1.29 is 14.6 Å². The Bertz CT molecular complexity index is 643. The standard InChI is InChI=1S/C17H20N2O3/c1-3-22-17(21)14-9-6-10-18-16(14)19-11-15(20)13-8-5-4-7-12(13)2/h4-10,15,20H,3,11H2,1-2H3,(H,18,19). The number of nitrogens with one attached hydrogen (secondary N) is 1. The lowest BCUT2D eigenvalue weighted by Crippen LogP contribution is -2.17. The molecule has 0 saturated carbocycles. The number of carbonyl (C=O) groups excluding carboxylic acids is 1. The van der Waals surface area contributed by atoms with Crippen molar-refractivity contribution in [3.8, 4) is 0 Å². The Labute approximate surface area is 130 Å². The molecule has 0 aliphatic rings. The third kappa shape index (κ3) is 3.83. The summed E-state index contributed by atoms with van der Waals surface area (Å²) in [6.45, 7) is 4.26. The van der Waals surface area contributed by atoms with Crippen molar-refractivity contribution in [1.82, 2.24) is 4.98 Å². The first-order valence-corrected chi connectivity index (χ1v) is 7.23. The van der Waals surface area contributed by atoms with Crippen LogP contribution in [-0.4, -0.2) is 29.2 Å². The highest BCUT2D eigenvalue weighted by Gasteiger charge is 2.15. The van der Waals surface area contributed by atoms with E-state index in [9.17, 15) is 9.90 Å². The van der Waals surface area contributed by atoms with Crippen molar-refractivity contribution in [3.63, 3.8) is 0 Å². The molecule has 5 heteroatoms. The second-order valence-corrected chi connectivity index (χ2v) is 4.87. The van der Waals surface area contributed by atoms with Crippen LogP contribution in [0.25, 0.3) is 0 Å². The van der Waals surface area contributed by atoms with Gasteiger partial charge in [0.2, 0.25) is 0 Å². The van der Waals surface area contributed by atoms with Crippen molar-refractivity contribution >= 4 is 11.8 Å². The summed E-state index contributed by atoms with van der Waals surface area (Å²) >= 11 is 0. The van der Waals surface area contributed by atoms with E-state index in [4.69, 9.17) is 4.74 Å². The first-order valence-electron chi connectivity index (χ1n) is 7.23. The van der Waals surface area contributed by atoms with Crippen LogP contribution < -0.4 is 5.32 Å². The Hall–Kier alpha value is -2.40. The van der Waals surface area contributed by atoms with Crippen LogP contribution >= 0.6 is 0 Å². The largest absolute Gasteiger partial charge is 0.462 e. The van der Waals surface area contributed by atoms with E-state index in [1.54, 1.807) is 25.3 Å². The minimum Gasteiger partial charge on any atom is -0.462 e. The van der Waals surface area contributed by atoms with Crippen LogP contribution in [0.2, 0.25) is 0 Å². The molecule has 2 rings (SSSR count). The van der Waals surface area contributed by atoms with E-state index in [0.29, 0.717) is 18.0 Å². The number of pyridine rings is 1. The zero-order valence-corrected chi connectivity index (χ0v) is 12.7. The monoisotopic (exact) mass is 300 g/mol. The van der Waals surface area contributed by atoms with Crippen molar-refractivity contribution in [2.75, 3.05) is 18.5 Å². The molecule has 0 amide bonds. The van der Waals surface area contributed by atoms with Crippen LogP contribution in [0.5, 0.6) is 0 Å². The zero-order chi connectivity index (χ0) is 15.9. The van der Waals surface area contributed by atoms with Crippen LogP contribution in [-0.2, 0) is 4.74 Å². The van der Waals surface area contributed by atoms with Gasteiger partial charge in [0.1, 0.15) is 11.4 Å². The van der Waals surface area contributed by atoms with E-state index < -0.39 is 12.1 Å². The third-order valence-electron chi connectivity index (χ3n) is 3.31. The normalized spacial score (nSPS) is 11.8. The number of esters is 1. The van der Waals surface area contributed by atoms with E-state index in [0.717, 1.165) is 11.1 Å². The molecule has 1 atom stereocenters. The van der Waals surface area contributed by atoms with Gasteiger partial charge in [0.25, 0.3) is 0 Å². The van der Waals surface area contributed by atoms with Gasteiger partial charge in [-0.1, -0.05) is 24.3 Å². The summed E-state index contributed by atoms with van der Waals surface area (Å²) in [5.41, 5.74) is 2.23. The molecule has 1 unspecified atom stereocenters. The Morgan fingerprint density at radius 1 is 1.32 bits per heavy atom. The number of aliphatic hydroxyl groups is 1. The zero-order valence-electron chi connectivity index (χ0n) is 12.7. The molecule has 116 valence electrons. The van der Waals surface area contributed by atoms with E-state index in [1.165, 1.54) is 0 Å². The highest BCUT2D eigenvalue weighted by molar-refractivity contribution is 5.94. The van der Waals surface area contributed by atoms with Crippen LogP contribution in [0.3, 0.4) is 0 Å². The summed E-state index contributed by atoms with van der Waals surface area (Å²) in [5, 5.41) is 13.3. The van der Waals surface area contributed by atoms with Crippen LogP contribution in [0.4, 0.5) is 5.82 Å². The minimum atomic E-state index is -0.682. The van der Waals surface area contributed by atoms with Crippen LogP contribution in [0, 0.1) is 6.92 Å². The lowest BCUT2D eigenvalue weighted by atomic mass is 10.0. The van der Waals surface area contributed by atoms with Crippen LogP contribution in [0.15, 0.2) is 42.6 Å². The molecule has 1 aromatic carbocycles. The van der Waals surface area contributed by atoms with Crippen molar-refractivity contribution in [2.45, 2.75) is 20.0 Å². The van der Waals surface area contributed by atoms with Gasteiger partial charge in [0, 0.05) is 12.7 Å². The minimum absolute atomic E-state index is 0.258. The molecule has 5 nitrogen and oxygen atoms in total. The predicted octanol–water partition coefficient (Wildman–Crippen LogP) is 2.71. The number of hydrogen-bond acceptors (Lipinski definition) is 5. The van der Waals surface area contributed by atoms with Gasteiger partial charge < -0.3 is 15.2 Å². The van der Waals surface area contributed by atoms with Gasteiger partial charge in [-0.15, -0.1) is 0 Å². The first-order chi connectivity index (χ1) is 10.6. The average Bonchev–Trinajstić information content (AvgIpc) is 2.53. The number of aromatic nitrogens is 1. The SMILES string of the molecule is CCOC(=O)c1cccnc1NCC(O)c1ccccc1C. The maximum atomic E-state index is 11.9. The summed E-state index contributed by atoms with van der Waals surface area (Å²) in [6.07, 6.45) is 0.906. The lowest BCUT2D eigenvalue weighted by molar-refractivity contribution is 0.0527. The van der Waals surface area contributed by atoms with E-state index in [1.807, 2.05) is 31.2 Å². The Morgan fingerprint density at radius 2 is 2.09 bits per heavy atom. The number of nitrogens with zero attached hydrogens (tertiary/aromatic N) is 1. The molecule has 1 aromatic heterocycles. The highest BCUT2D eigenvalue weighted by atomic mass is 16.5. The van der Waals surface area contributed by atoms with Gasteiger partial charge in [-0.3, -0.25) is 0 Å². The van der Waals surface area contributed by atoms with E-state index >= 15 is 0 Å². The van der Waals surface area contributed by atoms with E-state index in [-0.39, 0.29) is 6.54 Å². The van der Waals surface area contributed by atoms with Gasteiger partial charge in [-0.05, 0) is 37.1 Å². The van der Waals surface area contributed by atoms with Crippen molar-refractivity contribution in [2.24, 2.45) is 0 Å². The summed E-state index contributed by atoms with van der Waals surface area (Å²) in [5.74, 6) is -0.0166. The van der Waals surface area contributed by atoms with Crippen molar-refractivity contribution in [1.29, 1.82) is 0 Å². The molecule has 2 aromatic rings. The average molecular weight is 300 g/mol. The number of benzene rings is 1. The summed E-state index contributed by atoms with van der Waals surface area (Å²) in [4.78, 5) is 16.0. The Balaban J connectivity index is 2.09. The fourth-order valence-corrected chi connectivity index (χ4v) is 2.18. The topological polar surface area (TPSA) is 71.5 Å². The molecule has 0 radical (unpaired) electrons. The number of aliphatic hydroxyl groups excluding tert-OH is 1. The maximum absolute atomic E-state index is 11.9. The molecular weight excluding hydrogens is 280 g/mol. The number of rotatable bonds is 6. The second-order valence-electron chi connectivity index (χ2n) is 4.87. The predicted molar refractivity (Wildman–Crippen MR) is 84.8 cm³/mol. The van der Waals surface area contributed by atoms with Gasteiger partial charge >= 0.3 is 5.97 Å². The molecular formula is C17H20N2O3. The van der Waals surface area contributed by atoms with E-state index in [2.05, 4.69) is 10.3 Å². The second kappa shape index (κ2) is 7.56. The highest BCUT2D eigenvalue weighted by Crippen LogP contribution is 2.19. The summed E-state index contributed by atoms with van der Waals surface area (Å²) in [7, 11) is 0. The first kappa shape index (κ1) is 16.0. The fraction of sp³-hybridized carbons (Fsp3) is 0.294. The van der Waals surface area contributed by atoms with Crippen molar-refractivity contribution in [3.05, 3.63) is 59.3 Å². The molecule has 0 spiro atoms. The summed E-state index contributed by atoms with van der Waals surface area (Å²) < 4.78 is 5.00. The van der Waals surface area contributed by atoms with Gasteiger partial charge in [0.15, 0.2) is 0 Å². The maximum Gasteiger partial charge on any atom is 0.341 e. The Kier molecular flexibility index (Phi) is 5.49. The molecule has 0 fully saturated rings. The van der Waals surface area contributed by atoms with Gasteiger partial charge in [0.05, 0.1) is 12.7 Å². The molecule has 0 aliphatic heterocycles. The summed E-state index contributed by atoms with van der Waals surface area (Å²) in [6, 6.07) is 11.0. The number of aryl methyl sites for hydroxylation is 1. The molecule has 22 heavy (non-hydrogen) atoms. The van der Waals surface area contributed by atoms with Gasteiger partial charge in [-0.2, -0.15) is 0 Å². The number of anilines is 1. The smallest absolute Gasteiger partial charge is 0.341 e. The lowest BCUT2D eigenvalue weighted by Gasteiger charge is -2.16. The molecule has 0 bridgehead atoms. The third-order valence-corrected chi connectivity index (χ3v) is 3.31. The fourth-order valence-electron chi connectivity index (χ4n) is 2.18. The molecule has 2 N–H and O–H groups in total. The quantitative estimate of drug-likeness (QED) is 0.803. The molecule has 0 saturated heterocycles. The number of carbonyl (C=O) groups is 1. The molecule has 1 heterocycles. The Morgan fingerprint density at radius 3 is 2.82 bits per heavy atom. The molecule has 0 aliphatic carbocycles. The van der Waals surface area contributed by atoms with Gasteiger partial charge in [-0.25, -0.2) is 9.78 Å². The van der Waals surface area contributed by atoms with Crippen LogP contribution in [0.1, 0.15) is 34.5 Å². The number of hydrogen-bond donors (Lipinski definition) is 2. The number of ether oxygens (including phenoxy) is 1.